The zero-order chi connectivity index (χ0) is 11.3. The van der Waals surface area contributed by atoms with Gasteiger partial charge in [-0.3, -0.25) is 9.59 Å². The van der Waals surface area contributed by atoms with Crippen LogP contribution < -0.4 is 21.9 Å². The van der Waals surface area contributed by atoms with Crippen LogP contribution in [0.15, 0.2) is 0 Å². The van der Waals surface area contributed by atoms with Gasteiger partial charge in [-0.15, -0.1) is 0 Å². The molecule has 0 aliphatic carbocycles. The van der Waals surface area contributed by atoms with Gasteiger partial charge in [0, 0.05) is 0 Å². The van der Waals surface area contributed by atoms with Gasteiger partial charge in [-0.05, 0) is 6.92 Å². The van der Waals surface area contributed by atoms with Crippen molar-refractivity contribution in [1.29, 1.82) is 0 Å². The zero-order valence-electron chi connectivity index (χ0n) is 7.78. The summed E-state index contributed by atoms with van der Waals surface area (Å²) in [5.74, 6) is -2.94. The summed E-state index contributed by atoms with van der Waals surface area (Å²) in [6, 6.07) is -1.99. The number of nitrogens with two attached hydrogens (primary N) is 1. The summed E-state index contributed by atoms with van der Waals surface area (Å²) in [6.45, 7) is 1.49. The van der Waals surface area contributed by atoms with Crippen LogP contribution >= 0.6 is 0 Å². The zero-order valence-corrected chi connectivity index (χ0v) is 7.78. The Kier molecular flexibility index (Phi) is 4.57. The summed E-state index contributed by atoms with van der Waals surface area (Å²) in [5.41, 5.74) is 8.17. The minimum Gasteiger partial charge on any atom is -0.548 e. The highest BCUT2D eigenvalue weighted by Gasteiger charge is 2.19. The van der Waals surface area contributed by atoms with E-state index in [0.29, 0.717) is 0 Å². The molecular weight excluding hydrogens is 190 g/mol. The first-order chi connectivity index (χ1) is 6.34. The molecule has 0 heterocycles. The SMILES string of the molecule is C[C@H]([NH3+])C(=O)N[C@H](CC(N)=O)C(=O)[O-]. The van der Waals surface area contributed by atoms with E-state index in [4.69, 9.17) is 5.73 Å². The van der Waals surface area contributed by atoms with Crippen LogP contribution in [0.3, 0.4) is 0 Å². The van der Waals surface area contributed by atoms with Crippen molar-refractivity contribution in [2.24, 2.45) is 5.73 Å². The molecule has 0 aromatic rings. The molecule has 0 bridgehead atoms. The van der Waals surface area contributed by atoms with Gasteiger partial charge in [0.15, 0.2) is 6.04 Å². The van der Waals surface area contributed by atoms with Gasteiger partial charge < -0.3 is 26.7 Å². The fourth-order valence-electron chi connectivity index (χ4n) is 0.708. The van der Waals surface area contributed by atoms with Crippen molar-refractivity contribution in [3.05, 3.63) is 0 Å². The molecule has 7 heteroatoms. The summed E-state index contributed by atoms with van der Waals surface area (Å²) in [7, 11) is 0. The standard InChI is InChI=1S/C7H13N3O4/c1-3(8)6(12)10-4(7(13)14)2-5(9)11/h3-4H,2,8H2,1H3,(H2,9,11)(H,10,12)(H,13,14)/t3-,4+/m0/s1. The second-order valence-corrected chi connectivity index (χ2v) is 2.95. The van der Waals surface area contributed by atoms with E-state index >= 15 is 0 Å². The summed E-state index contributed by atoms with van der Waals surface area (Å²) in [5, 5.41) is 12.5. The van der Waals surface area contributed by atoms with Crippen molar-refractivity contribution in [2.45, 2.75) is 25.4 Å². The Morgan fingerprint density at radius 2 is 2.00 bits per heavy atom. The third-order valence-corrected chi connectivity index (χ3v) is 1.45. The van der Waals surface area contributed by atoms with Gasteiger partial charge in [0.1, 0.15) is 0 Å². The van der Waals surface area contributed by atoms with Gasteiger partial charge in [0.05, 0.1) is 18.4 Å². The van der Waals surface area contributed by atoms with Gasteiger partial charge in [-0.2, -0.15) is 0 Å². The molecule has 0 saturated heterocycles. The molecule has 6 N–H and O–H groups in total. The van der Waals surface area contributed by atoms with Crippen LogP contribution in [-0.2, 0) is 14.4 Å². The molecule has 2 atom stereocenters. The van der Waals surface area contributed by atoms with Crippen LogP contribution in [0, 0.1) is 0 Å². The minimum absolute atomic E-state index is 0.485. The van der Waals surface area contributed by atoms with Crippen molar-refractivity contribution in [2.75, 3.05) is 0 Å². The number of hydrogen-bond donors (Lipinski definition) is 3. The maximum absolute atomic E-state index is 11.0. The molecule has 0 spiro atoms. The third kappa shape index (κ3) is 4.41. The Balaban J connectivity index is 4.31. The van der Waals surface area contributed by atoms with E-state index in [9.17, 15) is 19.5 Å². The Bertz CT molecular complexity index is 251. The van der Waals surface area contributed by atoms with Crippen molar-refractivity contribution >= 4 is 17.8 Å². The number of nitrogens with one attached hydrogen (secondary N) is 1. The number of carboxylic acid groups (broad SMARTS) is 1. The molecule has 2 amide bonds. The molecular formula is C7H13N3O4. The van der Waals surface area contributed by atoms with Crippen LogP contribution in [0.5, 0.6) is 0 Å². The van der Waals surface area contributed by atoms with E-state index in [1.54, 1.807) is 0 Å². The Morgan fingerprint density at radius 3 is 2.29 bits per heavy atom. The second kappa shape index (κ2) is 5.18. The molecule has 7 nitrogen and oxygen atoms in total. The lowest BCUT2D eigenvalue weighted by atomic mass is 10.2. The first-order valence-electron chi connectivity index (χ1n) is 3.97. The number of carbonyl (C=O) groups is 3. The van der Waals surface area contributed by atoms with Crippen LogP contribution in [0.4, 0.5) is 0 Å². The van der Waals surface area contributed by atoms with Gasteiger partial charge >= 0.3 is 0 Å². The highest BCUT2D eigenvalue weighted by molar-refractivity contribution is 5.88. The average Bonchev–Trinajstić information content (AvgIpc) is 2.01. The van der Waals surface area contributed by atoms with E-state index in [0.717, 1.165) is 0 Å². The van der Waals surface area contributed by atoms with Gasteiger partial charge in [0.25, 0.3) is 5.91 Å². The molecule has 0 aliphatic heterocycles. The second-order valence-electron chi connectivity index (χ2n) is 2.95. The first-order valence-corrected chi connectivity index (χ1v) is 3.97. The number of quaternary nitrogens is 1. The number of carboxylic acids is 1. The van der Waals surface area contributed by atoms with Crippen molar-refractivity contribution in [3.8, 4) is 0 Å². The average molecular weight is 203 g/mol. The molecule has 14 heavy (non-hydrogen) atoms. The predicted molar refractivity (Wildman–Crippen MR) is 43.1 cm³/mol. The molecule has 0 aliphatic rings. The van der Waals surface area contributed by atoms with Gasteiger partial charge in [-0.25, -0.2) is 0 Å². The maximum Gasteiger partial charge on any atom is 0.278 e. The molecule has 0 aromatic heterocycles. The molecule has 0 radical (unpaired) electrons. The number of carbonyl (C=O) groups excluding carboxylic acids is 3. The lowest BCUT2D eigenvalue weighted by molar-refractivity contribution is -0.398. The van der Waals surface area contributed by atoms with Crippen LogP contribution in [-0.4, -0.2) is 29.9 Å². The van der Waals surface area contributed by atoms with E-state index in [1.165, 1.54) is 6.92 Å². The van der Waals surface area contributed by atoms with E-state index < -0.39 is 36.3 Å². The number of rotatable bonds is 5. The fraction of sp³-hybridized carbons (Fsp3) is 0.571. The first kappa shape index (κ1) is 12.4. The van der Waals surface area contributed by atoms with Crippen LogP contribution in [0.1, 0.15) is 13.3 Å². The van der Waals surface area contributed by atoms with E-state index in [2.05, 4.69) is 11.1 Å². The number of amides is 2. The van der Waals surface area contributed by atoms with Crippen LogP contribution in [0.25, 0.3) is 0 Å². The summed E-state index contributed by atoms with van der Waals surface area (Å²) >= 11 is 0. The quantitative estimate of drug-likeness (QED) is 0.416. The lowest BCUT2D eigenvalue weighted by Crippen LogP contribution is -2.67. The minimum atomic E-state index is -1.54. The summed E-state index contributed by atoms with van der Waals surface area (Å²) in [6.07, 6.45) is -0.485. The molecule has 0 saturated carbocycles. The van der Waals surface area contributed by atoms with Crippen LogP contribution in [0.2, 0.25) is 0 Å². The molecule has 0 rings (SSSR count). The highest BCUT2D eigenvalue weighted by Crippen LogP contribution is 1.90. The van der Waals surface area contributed by atoms with Gasteiger partial charge in [-0.1, -0.05) is 0 Å². The Labute approximate surface area is 80.4 Å². The molecule has 0 unspecified atom stereocenters. The lowest BCUT2D eigenvalue weighted by Gasteiger charge is -2.18. The van der Waals surface area contributed by atoms with E-state index in [1.807, 2.05) is 0 Å². The Morgan fingerprint density at radius 1 is 1.50 bits per heavy atom. The monoisotopic (exact) mass is 203 g/mol. The molecule has 80 valence electrons. The van der Waals surface area contributed by atoms with Crippen molar-refractivity contribution in [1.82, 2.24) is 5.32 Å². The normalized spacial score (nSPS) is 14.1. The molecule has 0 fully saturated rings. The number of aliphatic carboxylic acids is 1. The smallest absolute Gasteiger partial charge is 0.278 e. The van der Waals surface area contributed by atoms with Crippen molar-refractivity contribution < 1.29 is 25.2 Å². The molecule has 0 aromatic carbocycles. The van der Waals surface area contributed by atoms with Gasteiger partial charge in [0.2, 0.25) is 5.91 Å². The summed E-state index contributed by atoms with van der Waals surface area (Å²) in [4.78, 5) is 31.9. The Hall–Kier alpha value is -1.63. The number of hydrogen-bond acceptors (Lipinski definition) is 4. The summed E-state index contributed by atoms with van der Waals surface area (Å²) < 4.78 is 0. The highest BCUT2D eigenvalue weighted by atomic mass is 16.4. The van der Waals surface area contributed by atoms with Crippen molar-refractivity contribution in [3.63, 3.8) is 0 Å². The maximum atomic E-state index is 11.0. The largest absolute Gasteiger partial charge is 0.548 e. The third-order valence-electron chi connectivity index (χ3n) is 1.45. The fourth-order valence-corrected chi connectivity index (χ4v) is 0.708. The predicted octanol–water partition coefficient (Wildman–Crippen LogP) is -4.27. The topological polar surface area (TPSA) is 140 Å². The number of primary amides is 1. The van der Waals surface area contributed by atoms with E-state index in [-0.39, 0.29) is 0 Å².